The largest absolute Gasteiger partial charge is 0.496 e. The molecule has 0 spiro atoms. The lowest BCUT2D eigenvalue weighted by Crippen LogP contribution is -2.41. The first-order valence-electron chi connectivity index (χ1n) is 6.74. The Hall–Kier alpha value is -2.30. The number of rotatable bonds is 8. The Balaban J connectivity index is 2.67. The summed E-state index contributed by atoms with van der Waals surface area (Å²) in [4.78, 5) is 23.0. The average molecular weight is 291 g/mol. The van der Waals surface area contributed by atoms with Gasteiger partial charge in [-0.05, 0) is 37.0 Å². The molecule has 0 saturated carbocycles. The van der Waals surface area contributed by atoms with Crippen LogP contribution in [0.1, 0.15) is 24.0 Å². The number of carbonyl (C=O) groups excluding carboxylic acids is 1. The highest BCUT2D eigenvalue weighted by Crippen LogP contribution is 2.19. The highest BCUT2D eigenvalue weighted by Gasteiger charge is 2.19. The van der Waals surface area contributed by atoms with Crippen molar-refractivity contribution in [1.82, 2.24) is 5.32 Å². The van der Waals surface area contributed by atoms with Gasteiger partial charge in [0.25, 0.3) is 0 Å². The molecule has 114 valence electrons. The number of carboxylic acid groups (broad SMARTS) is 1. The van der Waals surface area contributed by atoms with Gasteiger partial charge in [-0.1, -0.05) is 18.2 Å². The minimum atomic E-state index is -1.04. The third kappa shape index (κ3) is 5.30. The van der Waals surface area contributed by atoms with E-state index in [-0.39, 0.29) is 12.3 Å². The Labute approximate surface area is 124 Å². The normalized spacial score (nSPS) is 11.5. The fraction of sp³-hybridized carbons (Fsp3) is 0.375. The van der Waals surface area contributed by atoms with Crippen LogP contribution < -0.4 is 10.1 Å². The zero-order valence-electron chi connectivity index (χ0n) is 12.4. The van der Waals surface area contributed by atoms with Crippen LogP contribution in [-0.4, -0.2) is 30.1 Å². The standard InChI is InChI=1S/C16H21NO4/c1-4-5-6-13(16(19)20)17-15(18)10-12-8-7-11(2)14(9-12)21-3/h4,7-9,13H,1,5-6,10H2,2-3H3,(H,17,18)(H,19,20). The van der Waals surface area contributed by atoms with Crippen LogP contribution in [0.5, 0.6) is 5.75 Å². The quantitative estimate of drug-likeness (QED) is 0.719. The summed E-state index contributed by atoms with van der Waals surface area (Å²) < 4.78 is 5.20. The van der Waals surface area contributed by atoms with Gasteiger partial charge in [0.1, 0.15) is 11.8 Å². The van der Waals surface area contributed by atoms with E-state index < -0.39 is 12.0 Å². The number of carbonyl (C=O) groups is 2. The van der Waals surface area contributed by atoms with E-state index in [0.717, 1.165) is 11.1 Å². The average Bonchev–Trinajstić information content (AvgIpc) is 2.45. The van der Waals surface area contributed by atoms with Crippen molar-refractivity contribution in [2.75, 3.05) is 7.11 Å². The Morgan fingerprint density at radius 1 is 1.48 bits per heavy atom. The molecule has 1 aromatic rings. The number of hydrogen-bond donors (Lipinski definition) is 2. The first-order valence-corrected chi connectivity index (χ1v) is 6.74. The van der Waals surface area contributed by atoms with Crippen LogP contribution in [0.3, 0.4) is 0 Å². The Kier molecular flexibility index (Phi) is 6.46. The van der Waals surface area contributed by atoms with E-state index >= 15 is 0 Å². The minimum Gasteiger partial charge on any atom is -0.496 e. The van der Waals surface area contributed by atoms with Crippen LogP contribution in [0, 0.1) is 6.92 Å². The SMILES string of the molecule is C=CCCC(NC(=O)Cc1ccc(C)c(OC)c1)C(=O)O. The molecule has 0 radical (unpaired) electrons. The van der Waals surface area contributed by atoms with Gasteiger partial charge in [-0.2, -0.15) is 0 Å². The molecule has 1 aromatic carbocycles. The van der Waals surface area contributed by atoms with Gasteiger partial charge >= 0.3 is 5.97 Å². The summed E-state index contributed by atoms with van der Waals surface area (Å²) in [7, 11) is 1.57. The van der Waals surface area contributed by atoms with E-state index in [2.05, 4.69) is 11.9 Å². The molecule has 1 unspecified atom stereocenters. The first-order chi connectivity index (χ1) is 9.97. The van der Waals surface area contributed by atoms with Crippen molar-refractivity contribution in [2.45, 2.75) is 32.2 Å². The first kappa shape index (κ1) is 16.8. The molecule has 0 aromatic heterocycles. The lowest BCUT2D eigenvalue weighted by molar-refractivity contribution is -0.141. The molecule has 0 aliphatic heterocycles. The fourth-order valence-corrected chi connectivity index (χ4v) is 1.95. The van der Waals surface area contributed by atoms with Crippen molar-refractivity contribution in [3.05, 3.63) is 42.0 Å². The third-order valence-corrected chi connectivity index (χ3v) is 3.13. The number of aryl methyl sites for hydroxylation is 1. The molecular formula is C16H21NO4. The number of benzene rings is 1. The van der Waals surface area contributed by atoms with Gasteiger partial charge in [-0.25, -0.2) is 4.79 Å². The number of allylic oxidation sites excluding steroid dienone is 1. The minimum absolute atomic E-state index is 0.120. The number of methoxy groups -OCH3 is 1. The molecule has 5 heteroatoms. The Bertz CT molecular complexity index is 525. The predicted octanol–water partition coefficient (Wildman–Crippen LogP) is 2.08. The lowest BCUT2D eigenvalue weighted by Gasteiger charge is -2.14. The highest BCUT2D eigenvalue weighted by atomic mass is 16.5. The van der Waals surface area contributed by atoms with Crippen LogP contribution in [0.2, 0.25) is 0 Å². The van der Waals surface area contributed by atoms with Crippen molar-refractivity contribution in [1.29, 1.82) is 0 Å². The molecule has 0 aliphatic carbocycles. The van der Waals surface area contributed by atoms with E-state index in [1.807, 2.05) is 19.1 Å². The number of nitrogens with one attached hydrogen (secondary N) is 1. The molecule has 0 fully saturated rings. The lowest BCUT2D eigenvalue weighted by atomic mass is 10.1. The molecule has 0 heterocycles. The molecular weight excluding hydrogens is 270 g/mol. The summed E-state index contributed by atoms with van der Waals surface area (Å²) in [5, 5.41) is 11.6. The van der Waals surface area contributed by atoms with Gasteiger partial charge in [0.15, 0.2) is 0 Å². The van der Waals surface area contributed by atoms with Crippen LogP contribution >= 0.6 is 0 Å². The van der Waals surface area contributed by atoms with Crippen molar-refractivity contribution >= 4 is 11.9 Å². The van der Waals surface area contributed by atoms with Gasteiger partial charge in [0, 0.05) is 0 Å². The van der Waals surface area contributed by atoms with Crippen LogP contribution in [-0.2, 0) is 16.0 Å². The maximum Gasteiger partial charge on any atom is 0.326 e. The predicted molar refractivity (Wildman–Crippen MR) is 80.4 cm³/mol. The number of hydrogen-bond acceptors (Lipinski definition) is 3. The monoisotopic (exact) mass is 291 g/mol. The second-order valence-corrected chi connectivity index (χ2v) is 4.81. The van der Waals surface area contributed by atoms with Crippen LogP contribution in [0.15, 0.2) is 30.9 Å². The molecule has 1 amide bonds. The smallest absolute Gasteiger partial charge is 0.326 e. The van der Waals surface area contributed by atoms with Crippen LogP contribution in [0.25, 0.3) is 0 Å². The van der Waals surface area contributed by atoms with E-state index in [1.165, 1.54) is 0 Å². The molecule has 1 atom stereocenters. The van der Waals surface area contributed by atoms with E-state index in [1.54, 1.807) is 19.3 Å². The molecule has 0 aliphatic rings. The number of ether oxygens (including phenoxy) is 1. The van der Waals surface area contributed by atoms with Gasteiger partial charge in [0.2, 0.25) is 5.91 Å². The maximum absolute atomic E-state index is 11.9. The summed E-state index contributed by atoms with van der Waals surface area (Å²) in [6, 6.07) is 4.60. The summed E-state index contributed by atoms with van der Waals surface area (Å²) in [5.74, 6) is -0.647. The Morgan fingerprint density at radius 3 is 2.76 bits per heavy atom. The van der Waals surface area contributed by atoms with Gasteiger partial charge in [0.05, 0.1) is 13.5 Å². The summed E-state index contributed by atoms with van der Waals surface area (Å²) >= 11 is 0. The Morgan fingerprint density at radius 2 is 2.19 bits per heavy atom. The second-order valence-electron chi connectivity index (χ2n) is 4.81. The highest BCUT2D eigenvalue weighted by molar-refractivity contribution is 5.84. The second kappa shape index (κ2) is 8.09. The summed E-state index contributed by atoms with van der Waals surface area (Å²) in [5.41, 5.74) is 1.76. The van der Waals surface area contributed by atoms with Crippen molar-refractivity contribution < 1.29 is 19.4 Å². The zero-order chi connectivity index (χ0) is 15.8. The molecule has 0 bridgehead atoms. The topological polar surface area (TPSA) is 75.6 Å². The van der Waals surface area contributed by atoms with Gasteiger partial charge in [-0.3, -0.25) is 4.79 Å². The molecule has 2 N–H and O–H groups in total. The van der Waals surface area contributed by atoms with Gasteiger partial charge in [-0.15, -0.1) is 6.58 Å². The van der Waals surface area contributed by atoms with Crippen molar-refractivity contribution in [3.63, 3.8) is 0 Å². The van der Waals surface area contributed by atoms with Crippen LogP contribution in [0.4, 0.5) is 0 Å². The van der Waals surface area contributed by atoms with Crippen molar-refractivity contribution in [3.8, 4) is 5.75 Å². The number of amides is 1. The zero-order valence-corrected chi connectivity index (χ0v) is 12.4. The third-order valence-electron chi connectivity index (χ3n) is 3.13. The molecule has 5 nitrogen and oxygen atoms in total. The number of aliphatic carboxylic acids is 1. The molecule has 0 saturated heterocycles. The van der Waals surface area contributed by atoms with E-state index in [9.17, 15) is 9.59 Å². The van der Waals surface area contributed by atoms with Gasteiger partial charge < -0.3 is 15.2 Å². The molecule has 1 rings (SSSR count). The van der Waals surface area contributed by atoms with Crippen molar-refractivity contribution in [2.24, 2.45) is 0 Å². The van der Waals surface area contributed by atoms with E-state index in [4.69, 9.17) is 9.84 Å². The maximum atomic E-state index is 11.9. The molecule has 21 heavy (non-hydrogen) atoms. The van der Waals surface area contributed by atoms with E-state index in [0.29, 0.717) is 18.6 Å². The fourth-order valence-electron chi connectivity index (χ4n) is 1.95. The summed E-state index contributed by atoms with van der Waals surface area (Å²) in [6.45, 7) is 5.46. The number of carboxylic acids is 1. The summed E-state index contributed by atoms with van der Waals surface area (Å²) in [6.07, 6.45) is 2.62.